The Bertz CT molecular complexity index is 1050. The average molecular weight is 486 g/mol. The molecule has 0 fully saturated rings. The third kappa shape index (κ3) is 6.66. The maximum absolute atomic E-state index is 12.6. The number of fused-ring (bicyclic) bond motifs is 1. The van der Waals surface area contributed by atoms with Crippen LogP contribution in [0.1, 0.15) is 66.4 Å². The molecular weight excluding hydrogens is 454 g/mol. The molecule has 0 spiro atoms. The molecule has 34 heavy (non-hydrogen) atoms. The first kappa shape index (κ1) is 25.4. The van der Waals surface area contributed by atoms with E-state index in [-0.39, 0.29) is 6.61 Å². The van der Waals surface area contributed by atoms with Gasteiger partial charge in [-0.05, 0) is 73.9 Å². The number of hydrazone groups is 1. The zero-order valence-corrected chi connectivity index (χ0v) is 20.6. The van der Waals surface area contributed by atoms with Gasteiger partial charge in [-0.25, -0.2) is 10.2 Å². The Morgan fingerprint density at radius 3 is 2.65 bits per heavy atom. The predicted octanol–water partition coefficient (Wildman–Crippen LogP) is 4.32. The molecular formula is C25H31N3O5S. The second kappa shape index (κ2) is 12.3. The number of benzene rings is 1. The van der Waals surface area contributed by atoms with E-state index in [1.54, 1.807) is 19.1 Å². The Morgan fingerprint density at radius 2 is 1.94 bits per heavy atom. The Morgan fingerprint density at radius 1 is 1.18 bits per heavy atom. The van der Waals surface area contributed by atoms with Gasteiger partial charge in [0.05, 0.1) is 25.0 Å². The summed E-state index contributed by atoms with van der Waals surface area (Å²) in [4.78, 5) is 38.4. The van der Waals surface area contributed by atoms with Crippen LogP contribution in [0, 0.1) is 5.92 Å². The number of carbonyl (C=O) groups is 3. The highest BCUT2D eigenvalue weighted by atomic mass is 32.1. The fourth-order valence-corrected chi connectivity index (χ4v) is 5.01. The number of anilines is 1. The van der Waals surface area contributed by atoms with E-state index in [9.17, 15) is 14.4 Å². The molecule has 1 aliphatic carbocycles. The van der Waals surface area contributed by atoms with Crippen molar-refractivity contribution < 1.29 is 23.9 Å². The summed E-state index contributed by atoms with van der Waals surface area (Å²) in [7, 11) is 0. The van der Waals surface area contributed by atoms with Crippen molar-refractivity contribution in [1.82, 2.24) is 5.43 Å². The lowest BCUT2D eigenvalue weighted by Crippen LogP contribution is -2.32. The minimum atomic E-state index is -0.926. The molecule has 2 aromatic rings. The van der Waals surface area contributed by atoms with E-state index in [0.29, 0.717) is 23.1 Å². The van der Waals surface area contributed by atoms with Gasteiger partial charge in [0.1, 0.15) is 10.8 Å². The number of hydrogen-bond donors (Lipinski definition) is 2. The van der Waals surface area contributed by atoms with Crippen LogP contribution in [0.25, 0.3) is 0 Å². The molecule has 2 N–H and O–H groups in total. The fourth-order valence-electron chi connectivity index (χ4n) is 3.62. The van der Waals surface area contributed by atoms with Crippen LogP contribution >= 0.6 is 11.3 Å². The van der Waals surface area contributed by atoms with Crippen molar-refractivity contribution >= 4 is 40.3 Å². The highest BCUT2D eigenvalue weighted by Crippen LogP contribution is 2.40. The molecule has 1 aromatic carbocycles. The van der Waals surface area contributed by atoms with Gasteiger partial charge in [0.15, 0.2) is 0 Å². The van der Waals surface area contributed by atoms with Gasteiger partial charge in [0.2, 0.25) is 0 Å². The van der Waals surface area contributed by atoms with E-state index >= 15 is 0 Å². The third-order valence-electron chi connectivity index (χ3n) is 5.45. The lowest BCUT2D eigenvalue weighted by atomic mass is 9.88. The molecule has 1 aromatic heterocycles. The predicted molar refractivity (Wildman–Crippen MR) is 133 cm³/mol. The van der Waals surface area contributed by atoms with Crippen molar-refractivity contribution in [3.63, 3.8) is 0 Å². The van der Waals surface area contributed by atoms with E-state index < -0.39 is 17.8 Å². The van der Waals surface area contributed by atoms with Crippen LogP contribution in [-0.4, -0.2) is 37.2 Å². The molecule has 3 rings (SSSR count). The van der Waals surface area contributed by atoms with Crippen LogP contribution in [0.2, 0.25) is 0 Å². The summed E-state index contributed by atoms with van der Waals surface area (Å²) in [5, 5.41) is 6.78. The normalized spacial score (nSPS) is 15.0. The lowest BCUT2D eigenvalue weighted by molar-refractivity contribution is -0.136. The largest absolute Gasteiger partial charge is 0.494 e. The van der Waals surface area contributed by atoms with Gasteiger partial charge in [-0.2, -0.15) is 5.10 Å². The minimum Gasteiger partial charge on any atom is -0.494 e. The summed E-state index contributed by atoms with van der Waals surface area (Å²) in [6.07, 6.45) is 6.04. The Balaban J connectivity index is 1.61. The summed E-state index contributed by atoms with van der Waals surface area (Å²) in [5.74, 6) is -1.04. The molecule has 1 heterocycles. The van der Waals surface area contributed by atoms with E-state index in [1.807, 2.05) is 12.1 Å². The van der Waals surface area contributed by atoms with E-state index in [0.717, 1.165) is 53.9 Å². The Hall–Kier alpha value is -3.20. The molecule has 0 bridgehead atoms. The number of amides is 2. The molecule has 0 unspecified atom stereocenters. The molecule has 1 atom stereocenters. The highest BCUT2D eigenvalue weighted by molar-refractivity contribution is 7.17. The summed E-state index contributed by atoms with van der Waals surface area (Å²) in [5.41, 5.74) is 4.24. The average Bonchev–Trinajstić information content (AvgIpc) is 3.17. The lowest BCUT2D eigenvalue weighted by Gasteiger charge is -2.18. The van der Waals surface area contributed by atoms with E-state index in [1.165, 1.54) is 17.6 Å². The fraction of sp³-hybridized carbons (Fsp3) is 0.440. The first-order chi connectivity index (χ1) is 16.4. The first-order valence-corrected chi connectivity index (χ1v) is 12.4. The first-order valence-electron chi connectivity index (χ1n) is 11.6. The van der Waals surface area contributed by atoms with Gasteiger partial charge in [-0.15, -0.1) is 11.3 Å². The van der Waals surface area contributed by atoms with Crippen LogP contribution in [-0.2, 0) is 27.2 Å². The SMILES string of the molecule is CCCCOc1ccc(/C=N\NC(=O)C(=O)Nc2sc3c(c2C(=O)OCC)CC[C@@H](C)C3)cc1. The maximum Gasteiger partial charge on any atom is 0.341 e. The zero-order valence-electron chi connectivity index (χ0n) is 19.8. The summed E-state index contributed by atoms with van der Waals surface area (Å²) in [6, 6.07) is 7.25. The number of unbranched alkanes of at least 4 members (excludes halogenated alkanes) is 1. The van der Waals surface area contributed by atoms with Crippen molar-refractivity contribution in [1.29, 1.82) is 0 Å². The number of carbonyl (C=O) groups excluding carboxylic acids is 3. The molecule has 8 nitrogen and oxygen atoms in total. The topological polar surface area (TPSA) is 106 Å². The van der Waals surface area contributed by atoms with Gasteiger partial charge in [-0.1, -0.05) is 20.3 Å². The molecule has 0 saturated carbocycles. The number of esters is 1. The molecule has 9 heteroatoms. The maximum atomic E-state index is 12.6. The van der Waals surface area contributed by atoms with Crippen LogP contribution in [0.15, 0.2) is 29.4 Å². The van der Waals surface area contributed by atoms with Gasteiger partial charge in [-0.3, -0.25) is 9.59 Å². The second-order valence-electron chi connectivity index (χ2n) is 8.20. The monoisotopic (exact) mass is 485 g/mol. The minimum absolute atomic E-state index is 0.230. The molecule has 2 amide bonds. The summed E-state index contributed by atoms with van der Waals surface area (Å²) < 4.78 is 10.8. The number of ether oxygens (including phenoxy) is 2. The van der Waals surface area contributed by atoms with Crippen molar-refractivity contribution in [2.24, 2.45) is 11.0 Å². The molecule has 1 aliphatic rings. The number of rotatable bonds is 9. The summed E-state index contributed by atoms with van der Waals surface area (Å²) in [6.45, 7) is 6.89. The Labute approximate surface area is 203 Å². The molecule has 0 saturated heterocycles. The number of hydrogen-bond acceptors (Lipinski definition) is 7. The zero-order chi connectivity index (χ0) is 24.5. The van der Waals surface area contributed by atoms with Crippen LogP contribution < -0.4 is 15.5 Å². The quantitative estimate of drug-likeness (QED) is 0.181. The van der Waals surface area contributed by atoms with Gasteiger partial charge < -0.3 is 14.8 Å². The van der Waals surface area contributed by atoms with Crippen molar-refractivity contribution in [3.8, 4) is 5.75 Å². The summed E-state index contributed by atoms with van der Waals surface area (Å²) >= 11 is 1.33. The number of nitrogens with one attached hydrogen (secondary N) is 2. The van der Waals surface area contributed by atoms with Gasteiger partial charge in [0, 0.05) is 4.88 Å². The van der Waals surface area contributed by atoms with Crippen molar-refractivity contribution in [2.45, 2.75) is 52.9 Å². The van der Waals surface area contributed by atoms with Crippen LogP contribution in [0.5, 0.6) is 5.75 Å². The molecule has 0 aliphatic heterocycles. The van der Waals surface area contributed by atoms with Crippen molar-refractivity contribution in [3.05, 3.63) is 45.8 Å². The molecule has 182 valence electrons. The second-order valence-corrected chi connectivity index (χ2v) is 9.31. The standard InChI is InChI=1S/C25H31N3O5S/c1-4-6-13-33-18-10-8-17(9-11-18)15-26-28-23(30)22(29)27-24-21(25(31)32-5-2)19-12-7-16(3)14-20(19)34-24/h8-11,15-16H,4-7,12-14H2,1-3H3,(H,27,29)(H,28,30)/b26-15-/t16-/m1/s1. The van der Waals surface area contributed by atoms with Gasteiger partial charge >= 0.3 is 17.8 Å². The number of thiophene rings is 1. The smallest absolute Gasteiger partial charge is 0.341 e. The van der Waals surface area contributed by atoms with E-state index in [4.69, 9.17) is 9.47 Å². The molecule has 0 radical (unpaired) electrons. The Kier molecular flexibility index (Phi) is 9.21. The van der Waals surface area contributed by atoms with Gasteiger partial charge in [0.25, 0.3) is 0 Å². The van der Waals surface area contributed by atoms with Crippen LogP contribution in [0.3, 0.4) is 0 Å². The third-order valence-corrected chi connectivity index (χ3v) is 6.62. The van der Waals surface area contributed by atoms with Crippen molar-refractivity contribution in [2.75, 3.05) is 18.5 Å². The number of nitrogens with zero attached hydrogens (tertiary/aromatic N) is 1. The highest BCUT2D eigenvalue weighted by Gasteiger charge is 2.30. The van der Waals surface area contributed by atoms with Crippen LogP contribution in [0.4, 0.5) is 5.00 Å². The van der Waals surface area contributed by atoms with E-state index in [2.05, 4.69) is 29.7 Å².